The molecule has 1 aliphatic rings. The van der Waals surface area contributed by atoms with Gasteiger partial charge in [0.25, 0.3) is 0 Å². The van der Waals surface area contributed by atoms with Crippen LogP contribution in [0.2, 0.25) is 0 Å². The summed E-state index contributed by atoms with van der Waals surface area (Å²) in [5.74, 6) is 0.373. The molecule has 1 aromatic heterocycles. The summed E-state index contributed by atoms with van der Waals surface area (Å²) in [6.07, 6.45) is -1.06. The van der Waals surface area contributed by atoms with Gasteiger partial charge in [-0.05, 0) is 24.6 Å². The second-order valence-electron chi connectivity index (χ2n) is 5.24. The number of aromatic amines is 1. The molecule has 4 nitrogen and oxygen atoms in total. The Morgan fingerprint density at radius 3 is 2.87 bits per heavy atom. The summed E-state index contributed by atoms with van der Waals surface area (Å²) in [5.41, 5.74) is 0.0368. The molecule has 2 aromatic rings. The number of aromatic nitrogens is 2. The van der Waals surface area contributed by atoms with Crippen molar-refractivity contribution >= 4 is 34.8 Å². The summed E-state index contributed by atoms with van der Waals surface area (Å²) in [6.45, 7) is 2.01. The summed E-state index contributed by atoms with van der Waals surface area (Å²) >= 11 is 1.42. The first-order valence-corrected chi connectivity index (χ1v) is 8.01. The summed E-state index contributed by atoms with van der Waals surface area (Å²) in [5, 5.41) is 3.30. The zero-order valence-electron chi connectivity index (χ0n) is 12.2. The van der Waals surface area contributed by atoms with Gasteiger partial charge < -0.3 is 10.3 Å². The van der Waals surface area contributed by atoms with Crippen molar-refractivity contribution in [3.8, 4) is 0 Å². The van der Waals surface area contributed by atoms with Gasteiger partial charge in [-0.1, -0.05) is 25.1 Å². The summed E-state index contributed by atoms with van der Waals surface area (Å²) < 4.78 is 38.1. The third kappa shape index (κ3) is 3.36. The van der Waals surface area contributed by atoms with Crippen molar-refractivity contribution in [2.24, 2.45) is 0 Å². The highest BCUT2D eigenvalue weighted by atomic mass is 32.2. The molecule has 3 rings (SSSR count). The van der Waals surface area contributed by atoms with Crippen LogP contribution in [0.1, 0.15) is 31.2 Å². The standard InChI is InChI=1S/C15H14F3N3OS/c1-2-3-11-14(22)21-13(23-11)7-12-19-9-5-4-8(15(16,17)18)6-10(9)20-12/h4-7,11H,2-3H2,1H3,(H,19,20)(H,21,22)/b13-7+. The Kier molecular flexibility index (Phi) is 4.09. The largest absolute Gasteiger partial charge is 0.416 e. The van der Waals surface area contributed by atoms with Crippen LogP contribution in [0.5, 0.6) is 0 Å². The number of benzene rings is 1. The monoisotopic (exact) mass is 341 g/mol. The molecular formula is C15H14F3N3OS. The van der Waals surface area contributed by atoms with Crippen molar-refractivity contribution < 1.29 is 18.0 Å². The SMILES string of the molecule is CCCC1S/C(=C/c2nc3ccc(C(F)(F)F)cc3[nH]2)NC1=O. The van der Waals surface area contributed by atoms with Crippen LogP contribution in [0.15, 0.2) is 23.2 Å². The van der Waals surface area contributed by atoms with E-state index in [0.29, 0.717) is 21.9 Å². The van der Waals surface area contributed by atoms with E-state index in [4.69, 9.17) is 0 Å². The van der Waals surface area contributed by atoms with Gasteiger partial charge in [0.2, 0.25) is 5.91 Å². The van der Waals surface area contributed by atoms with E-state index >= 15 is 0 Å². The molecule has 2 N–H and O–H groups in total. The quantitative estimate of drug-likeness (QED) is 0.890. The van der Waals surface area contributed by atoms with Gasteiger partial charge in [0.1, 0.15) is 5.82 Å². The number of thioether (sulfide) groups is 1. The third-order valence-electron chi connectivity index (χ3n) is 3.45. The number of carbonyl (C=O) groups excluding carboxylic acids is 1. The van der Waals surface area contributed by atoms with Crippen molar-refractivity contribution in [1.29, 1.82) is 0 Å². The number of rotatable bonds is 3. The van der Waals surface area contributed by atoms with Gasteiger partial charge in [-0.25, -0.2) is 4.98 Å². The number of hydrogen-bond acceptors (Lipinski definition) is 3. The van der Waals surface area contributed by atoms with Gasteiger partial charge in [-0.15, -0.1) is 0 Å². The molecule has 1 amide bonds. The van der Waals surface area contributed by atoms with Crippen molar-refractivity contribution in [3.63, 3.8) is 0 Å². The van der Waals surface area contributed by atoms with Crippen LogP contribution >= 0.6 is 11.8 Å². The van der Waals surface area contributed by atoms with Gasteiger partial charge in [0, 0.05) is 6.08 Å². The minimum atomic E-state index is -4.39. The fraction of sp³-hybridized carbons (Fsp3) is 0.333. The van der Waals surface area contributed by atoms with Gasteiger partial charge in [0.05, 0.1) is 26.9 Å². The van der Waals surface area contributed by atoms with Crippen LogP contribution in [-0.4, -0.2) is 21.1 Å². The zero-order valence-corrected chi connectivity index (χ0v) is 13.0. The number of halogens is 3. The molecule has 1 unspecified atom stereocenters. The molecule has 1 saturated heterocycles. The first-order chi connectivity index (χ1) is 10.9. The molecule has 1 aliphatic heterocycles. The fourth-order valence-electron chi connectivity index (χ4n) is 2.36. The van der Waals surface area contributed by atoms with Gasteiger partial charge in [-0.3, -0.25) is 4.79 Å². The Labute approximate surface area is 134 Å². The van der Waals surface area contributed by atoms with E-state index in [9.17, 15) is 18.0 Å². The van der Waals surface area contributed by atoms with Crippen molar-refractivity contribution in [3.05, 3.63) is 34.6 Å². The summed E-state index contributed by atoms with van der Waals surface area (Å²) in [6, 6.07) is 3.37. The number of H-pyrrole nitrogens is 1. The van der Waals surface area contributed by atoms with Crippen molar-refractivity contribution in [2.45, 2.75) is 31.2 Å². The van der Waals surface area contributed by atoms with E-state index in [1.807, 2.05) is 6.92 Å². The van der Waals surface area contributed by atoms with E-state index in [1.54, 1.807) is 6.08 Å². The van der Waals surface area contributed by atoms with Crippen LogP contribution in [0.3, 0.4) is 0 Å². The highest BCUT2D eigenvalue weighted by Gasteiger charge is 2.31. The molecule has 0 saturated carbocycles. The molecule has 1 aromatic carbocycles. The highest BCUT2D eigenvalue weighted by Crippen LogP contribution is 2.32. The molecule has 1 atom stereocenters. The van der Waals surface area contributed by atoms with Crippen LogP contribution in [0.25, 0.3) is 17.1 Å². The molecule has 23 heavy (non-hydrogen) atoms. The van der Waals surface area contributed by atoms with E-state index in [-0.39, 0.29) is 11.2 Å². The number of amides is 1. The zero-order chi connectivity index (χ0) is 16.6. The maximum atomic E-state index is 12.7. The average molecular weight is 341 g/mol. The maximum Gasteiger partial charge on any atom is 0.416 e. The first kappa shape index (κ1) is 15.9. The number of imidazole rings is 1. The molecule has 0 radical (unpaired) electrons. The maximum absolute atomic E-state index is 12.7. The Morgan fingerprint density at radius 1 is 1.39 bits per heavy atom. The second-order valence-corrected chi connectivity index (χ2v) is 6.49. The molecule has 8 heteroatoms. The number of hydrogen-bond donors (Lipinski definition) is 2. The van der Waals surface area contributed by atoms with Crippen LogP contribution < -0.4 is 5.32 Å². The number of alkyl halides is 3. The predicted molar refractivity (Wildman–Crippen MR) is 83.5 cm³/mol. The molecule has 1 fully saturated rings. The molecule has 0 aliphatic carbocycles. The Morgan fingerprint density at radius 2 is 2.17 bits per heavy atom. The van der Waals surface area contributed by atoms with Gasteiger partial charge >= 0.3 is 6.18 Å². The lowest BCUT2D eigenvalue weighted by Crippen LogP contribution is -2.21. The number of nitrogens with zero attached hydrogens (tertiary/aromatic N) is 1. The van der Waals surface area contributed by atoms with Crippen LogP contribution in [0, 0.1) is 0 Å². The molecule has 2 heterocycles. The highest BCUT2D eigenvalue weighted by molar-refractivity contribution is 8.05. The van der Waals surface area contributed by atoms with E-state index in [0.717, 1.165) is 25.0 Å². The lowest BCUT2D eigenvalue weighted by molar-refractivity contribution is -0.137. The summed E-state index contributed by atoms with van der Waals surface area (Å²) in [7, 11) is 0. The molecule has 122 valence electrons. The van der Waals surface area contributed by atoms with Crippen molar-refractivity contribution in [1.82, 2.24) is 15.3 Å². The van der Waals surface area contributed by atoms with Gasteiger partial charge in [0.15, 0.2) is 0 Å². The van der Waals surface area contributed by atoms with E-state index in [1.165, 1.54) is 17.8 Å². The normalized spacial score (nSPS) is 20.4. The number of fused-ring (bicyclic) bond motifs is 1. The smallest absolute Gasteiger partial charge is 0.338 e. The number of carbonyl (C=O) groups is 1. The Balaban J connectivity index is 1.87. The second kappa shape index (κ2) is 5.92. The average Bonchev–Trinajstić information content (AvgIpc) is 3.01. The number of nitrogens with one attached hydrogen (secondary N) is 2. The fourth-order valence-corrected chi connectivity index (χ4v) is 3.52. The van der Waals surface area contributed by atoms with Gasteiger partial charge in [-0.2, -0.15) is 13.2 Å². The van der Waals surface area contributed by atoms with Crippen molar-refractivity contribution in [2.75, 3.05) is 0 Å². The molecule has 0 bridgehead atoms. The van der Waals surface area contributed by atoms with Crippen LogP contribution in [0.4, 0.5) is 13.2 Å². The Bertz CT molecular complexity index is 782. The summed E-state index contributed by atoms with van der Waals surface area (Å²) in [4.78, 5) is 18.8. The van der Waals surface area contributed by atoms with Crippen LogP contribution in [-0.2, 0) is 11.0 Å². The molecule has 0 spiro atoms. The predicted octanol–water partition coefficient (Wildman–Crippen LogP) is 3.91. The minimum absolute atomic E-state index is 0.0430. The topological polar surface area (TPSA) is 57.8 Å². The molecular weight excluding hydrogens is 327 g/mol. The van der Waals surface area contributed by atoms with E-state index < -0.39 is 11.7 Å². The first-order valence-electron chi connectivity index (χ1n) is 7.13. The third-order valence-corrected chi connectivity index (χ3v) is 4.66. The Hall–Kier alpha value is -1.96. The lowest BCUT2D eigenvalue weighted by Gasteiger charge is -2.05. The lowest BCUT2D eigenvalue weighted by atomic mass is 10.2. The van der Waals surface area contributed by atoms with E-state index in [2.05, 4.69) is 15.3 Å². The minimum Gasteiger partial charge on any atom is -0.338 e.